The van der Waals surface area contributed by atoms with Gasteiger partial charge in [-0.15, -0.1) is 0 Å². The monoisotopic (exact) mass is 394 g/mol. The Morgan fingerprint density at radius 3 is 2.61 bits per heavy atom. The van der Waals surface area contributed by atoms with Gasteiger partial charge in [0.1, 0.15) is 6.61 Å². The third-order valence-corrected chi connectivity index (χ3v) is 4.15. The molecule has 0 bridgehead atoms. The molecule has 0 saturated carbocycles. The molecule has 1 N–H and O–H groups in total. The van der Waals surface area contributed by atoms with E-state index in [1.165, 1.54) is 6.21 Å². The number of hydrogen-bond donors (Lipinski definition) is 1. The highest BCUT2D eigenvalue weighted by Gasteiger charge is 2.10. The number of amides is 1. The van der Waals surface area contributed by atoms with Crippen molar-refractivity contribution in [2.45, 2.75) is 6.61 Å². The van der Waals surface area contributed by atoms with E-state index in [0.717, 1.165) is 5.56 Å². The maximum atomic E-state index is 12.2. The van der Waals surface area contributed by atoms with Crippen LogP contribution in [0, 0.1) is 0 Å². The van der Waals surface area contributed by atoms with E-state index in [-0.39, 0.29) is 5.91 Å². The Kier molecular flexibility index (Phi) is 6.65. The van der Waals surface area contributed by atoms with Gasteiger partial charge in [-0.1, -0.05) is 54.1 Å². The average molecular weight is 395 g/mol. The molecule has 0 spiro atoms. The maximum absolute atomic E-state index is 12.2. The zero-order chi connectivity index (χ0) is 19.8. The molecule has 0 aliphatic heterocycles. The normalized spacial score (nSPS) is 10.6. The summed E-state index contributed by atoms with van der Waals surface area (Å²) in [7, 11) is 1.58. The van der Waals surface area contributed by atoms with E-state index in [2.05, 4.69) is 10.5 Å². The Balaban J connectivity index is 1.73. The number of nitrogens with one attached hydrogen (secondary N) is 1. The van der Waals surface area contributed by atoms with Gasteiger partial charge in [0.25, 0.3) is 5.91 Å². The van der Waals surface area contributed by atoms with Crippen LogP contribution in [0.2, 0.25) is 5.02 Å². The Morgan fingerprint density at radius 2 is 1.86 bits per heavy atom. The molecular weight excluding hydrogens is 376 g/mol. The van der Waals surface area contributed by atoms with Crippen molar-refractivity contribution in [1.29, 1.82) is 0 Å². The van der Waals surface area contributed by atoms with Crippen LogP contribution in [0.25, 0.3) is 0 Å². The maximum Gasteiger partial charge on any atom is 0.271 e. The second kappa shape index (κ2) is 9.58. The minimum Gasteiger partial charge on any atom is -0.493 e. The average Bonchev–Trinajstić information content (AvgIpc) is 2.73. The van der Waals surface area contributed by atoms with Gasteiger partial charge in [-0.2, -0.15) is 5.10 Å². The number of ether oxygens (including phenoxy) is 2. The van der Waals surface area contributed by atoms with E-state index >= 15 is 0 Å². The van der Waals surface area contributed by atoms with Gasteiger partial charge >= 0.3 is 0 Å². The topological polar surface area (TPSA) is 59.9 Å². The highest BCUT2D eigenvalue weighted by Crippen LogP contribution is 2.30. The number of nitrogens with zero attached hydrogens (tertiary/aromatic N) is 1. The summed E-state index contributed by atoms with van der Waals surface area (Å²) >= 11 is 5.91. The van der Waals surface area contributed by atoms with Crippen molar-refractivity contribution in [3.05, 3.63) is 94.5 Å². The molecule has 142 valence electrons. The molecule has 0 saturated heterocycles. The predicted octanol–water partition coefficient (Wildman–Crippen LogP) is 4.69. The Bertz CT molecular complexity index is 975. The van der Waals surface area contributed by atoms with Crippen molar-refractivity contribution >= 4 is 23.7 Å². The summed E-state index contributed by atoms with van der Waals surface area (Å²) < 4.78 is 11.4. The van der Waals surface area contributed by atoms with Crippen LogP contribution < -0.4 is 14.9 Å². The van der Waals surface area contributed by atoms with Crippen LogP contribution >= 0.6 is 11.6 Å². The smallest absolute Gasteiger partial charge is 0.271 e. The van der Waals surface area contributed by atoms with Gasteiger partial charge in [-0.05, 0) is 35.9 Å². The lowest BCUT2D eigenvalue weighted by Crippen LogP contribution is -2.17. The molecular formula is C22H19ClN2O3. The van der Waals surface area contributed by atoms with Gasteiger partial charge in [-0.3, -0.25) is 4.79 Å². The fourth-order valence-corrected chi connectivity index (χ4v) is 2.72. The summed E-state index contributed by atoms with van der Waals surface area (Å²) in [4.78, 5) is 12.2. The second-order valence-electron chi connectivity index (χ2n) is 5.86. The molecule has 0 radical (unpaired) electrons. The van der Waals surface area contributed by atoms with Crippen LogP contribution in [0.3, 0.4) is 0 Å². The molecule has 3 rings (SSSR count). The quantitative estimate of drug-likeness (QED) is 0.467. The molecule has 0 fully saturated rings. The van der Waals surface area contributed by atoms with Crippen LogP contribution in [0.4, 0.5) is 0 Å². The number of methoxy groups -OCH3 is 1. The predicted molar refractivity (Wildman–Crippen MR) is 110 cm³/mol. The largest absolute Gasteiger partial charge is 0.493 e. The molecule has 0 heterocycles. The molecule has 0 aromatic heterocycles. The van der Waals surface area contributed by atoms with E-state index in [0.29, 0.717) is 34.3 Å². The number of carbonyl (C=O) groups is 1. The van der Waals surface area contributed by atoms with Gasteiger partial charge in [-0.25, -0.2) is 5.43 Å². The van der Waals surface area contributed by atoms with Crippen molar-refractivity contribution in [1.82, 2.24) is 5.43 Å². The summed E-state index contributed by atoms with van der Waals surface area (Å²) in [5.74, 6) is 0.782. The molecule has 5 nitrogen and oxygen atoms in total. The lowest BCUT2D eigenvalue weighted by molar-refractivity contribution is 0.0955. The summed E-state index contributed by atoms with van der Waals surface area (Å²) in [5, 5.41) is 4.52. The fourth-order valence-electron chi connectivity index (χ4n) is 2.53. The molecule has 0 aliphatic rings. The van der Waals surface area contributed by atoms with Crippen molar-refractivity contribution in [3.63, 3.8) is 0 Å². The number of halogens is 1. The lowest BCUT2D eigenvalue weighted by Gasteiger charge is -2.13. The molecule has 0 aliphatic carbocycles. The number of hydrazone groups is 1. The van der Waals surface area contributed by atoms with Crippen LogP contribution in [0.15, 0.2) is 77.9 Å². The summed E-state index contributed by atoms with van der Waals surface area (Å²) in [5.41, 5.74) is 4.63. The zero-order valence-electron chi connectivity index (χ0n) is 15.3. The van der Waals surface area contributed by atoms with Crippen molar-refractivity contribution in [2.75, 3.05) is 7.11 Å². The molecule has 0 atom stereocenters. The highest BCUT2D eigenvalue weighted by molar-refractivity contribution is 6.30. The van der Waals surface area contributed by atoms with Crippen LogP contribution in [0.5, 0.6) is 11.5 Å². The third-order valence-electron chi connectivity index (χ3n) is 3.91. The lowest BCUT2D eigenvalue weighted by atomic mass is 10.2. The second-order valence-corrected chi connectivity index (χ2v) is 6.30. The van der Waals surface area contributed by atoms with Gasteiger partial charge in [0.2, 0.25) is 0 Å². The molecule has 28 heavy (non-hydrogen) atoms. The van der Waals surface area contributed by atoms with E-state index in [4.69, 9.17) is 21.1 Å². The Morgan fingerprint density at radius 1 is 1.07 bits per heavy atom. The van der Waals surface area contributed by atoms with Gasteiger partial charge in [0.15, 0.2) is 11.5 Å². The summed E-state index contributed by atoms with van der Waals surface area (Å²) in [6, 6.07) is 21.9. The minimum absolute atomic E-state index is 0.353. The number of rotatable bonds is 7. The molecule has 3 aromatic rings. The highest BCUT2D eigenvalue weighted by atomic mass is 35.5. The molecule has 0 unspecified atom stereocenters. The molecule has 6 heteroatoms. The van der Waals surface area contributed by atoms with Crippen LogP contribution in [-0.4, -0.2) is 19.2 Å². The first-order chi connectivity index (χ1) is 13.7. The third kappa shape index (κ3) is 5.11. The van der Waals surface area contributed by atoms with Crippen molar-refractivity contribution in [2.24, 2.45) is 5.10 Å². The SMILES string of the molecule is COc1cccc(/C=N\NC(=O)c2cccc(Cl)c2)c1OCc1ccccc1. The number of carbonyl (C=O) groups excluding carboxylic acids is 1. The van der Waals surface area contributed by atoms with Crippen molar-refractivity contribution in [3.8, 4) is 11.5 Å². The number of benzene rings is 3. The number of para-hydroxylation sites is 1. The zero-order valence-corrected chi connectivity index (χ0v) is 16.0. The Labute approximate surface area is 168 Å². The molecule has 1 amide bonds. The van der Waals surface area contributed by atoms with Crippen molar-refractivity contribution < 1.29 is 14.3 Å². The fraction of sp³-hybridized carbons (Fsp3) is 0.0909. The van der Waals surface area contributed by atoms with E-state index in [1.54, 1.807) is 31.4 Å². The van der Waals surface area contributed by atoms with E-state index in [1.807, 2.05) is 48.5 Å². The van der Waals surface area contributed by atoms with Gasteiger partial charge in [0, 0.05) is 16.1 Å². The van der Waals surface area contributed by atoms with Crippen LogP contribution in [-0.2, 0) is 6.61 Å². The first kappa shape index (κ1) is 19.5. The standard InChI is InChI=1S/C22H19ClN2O3/c1-27-20-12-6-10-18(21(20)28-15-16-7-3-2-4-8-16)14-24-25-22(26)17-9-5-11-19(23)13-17/h2-14H,15H2,1H3,(H,25,26)/b24-14-. The van der Waals surface area contributed by atoms with E-state index < -0.39 is 0 Å². The summed E-state index contributed by atoms with van der Waals surface area (Å²) in [6.45, 7) is 0.386. The summed E-state index contributed by atoms with van der Waals surface area (Å²) in [6.07, 6.45) is 1.52. The van der Waals surface area contributed by atoms with E-state index in [9.17, 15) is 4.79 Å². The van der Waals surface area contributed by atoms with Crippen LogP contribution in [0.1, 0.15) is 21.5 Å². The van der Waals surface area contributed by atoms with Gasteiger partial charge < -0.3 is 9.47 Å². The minimum atomic E-state index is -0.353. The first-order valence-electron chi connectivity index (χ1n) is 8.60. The number of hydrogen-bond acceptors (Lipinski definition) is 4. The first-order valence-corrected chi connectivity index (χ1v) is 8.98. The molecule has 3 aromatic carbocycles. The van der Waals surface area contributed by atoms with Gasteiger partial charge in [0.05, 0.1) is 13.3 Å². The Hall–Kier alpha value is -3.31.